The van der Waals surface area contributed by atoms with E-state index in [9.17, 15) is 8.42 Å². The Hall–Kier alpha value is -1.54. The Kier molecular flexibility index (Phi) is 3.02. The lowest BCUT2D eigenvalue weighted by Crippen LogP contribution is -2.37. The minimum Gasteiger partial charge on any atom is -0.454 e. The lowest BCUT2D eigenvalue weighted by molar-refractivity contribution is 0.174. The third-order valence-corrected chi connectivity index (χ3v) is 6.58. The van der Waals surface area contributed by atoms with Crippen LogP contribution in [0.2, 0.25) is 0 Å². The molecule has 2 saturated heterocycles. The van der Waals surface area contributed by atoms with Gasteiger partial charge in [-0.15, -0.1) is 0 Å². The molecule has 0 radical (unpaired) electrons. The van der Waals surface area contributed by atoms with E-state index < -0.39 is 9.84 Å². The predicted molar refractivity (Wildman–Crippen MR) is 86.3 cm³/mol. The van der Waals surface area contributed by atoms with Gasteiger partial charge in [-0.05, 0) is 31.3 Å². The zero-order chi connectivity index (χ0) is 15.5. The summed E-state index contributed by atoms with van der Waals surface area (Å²) >= 11 is 5.59. The Balaban J connectivity index is 1.75. The molecule has 4 rings (SSSR count). The summed E-state index contributed by atoms with van der Waals surface area (Å²) in [6, 6.07) is 5.43. The van der Waals surface area contributed by atoms with Crippen molar-refractivity contribution in [2.75, 3.05) is 29.7 Å². The maximum absolute atomic E-state index is 12.0. The van der Waals surface area contributed by atoms with Crippen molar-refractivity contribution >= 4 is 32.9 Å². The summed E-state index contributed by atoms with van der Waals surface area (Å²) in [6.45, 7) is 2.92. The van der Waals surface area contributed by atoms with Crippen molar-refractivity contribution in [2.24, 2.45) is 0 Å². The third kappa shape index (κ3) is 1.97. The summed E-state index contributed by atoms with van der Waals surface area (Å²) in [6.07, 6.45) is 0. The van der Waals surface area contributed by atoms with Crippen LogP contribution >= 0.6 is 12.2 Å². The largest absolute Gasteiger partial charge is 0.454 e. The number of thiocarbonyl (C=S) groups is 1. The molecule has 0 saturated carbocycles. The molecule has 3 aliphatic heterocycles. The number of benzene rings is 1. The molecule has 0 aliphatic carbocycles. The van der Waals surface area contributed by atoms with E-state index in [1.807, 2.05) is 34.9 Å². The number of ether oxygens (including phenoxy) is 2. The van der Waals surface area contributed by atoms with E-state index in [1.165, 1.54) is 0 Å². The molecule has 0 N–H and O–H groups in total. The molecule has 0 bridgehead atoms. The van der Waals surface area contributed by atoms with Gasteiger partial charge < -0.3 is 19.3 Å². The van der Waals surface area contributed by atoms with Crippen molar-refractivity contribution in [2.45, 2.75) is 19.0 Å². The predicted octanol–water partition coefficient (Wildman–Crippen LogP) is 1.01. The number of hydrogen-bond acceptors (Lipinski definition) is 5. The number of rotatable bonds is 2. The van der Waals surface area contributed by atoms with Crippen LogP contribution in [0, 0.1) is 0 Å². The van der Waals surface area contributed by atoms with Crippen molar-refractivity contribution in [1.82, 2.24) is 4.90 Å². The Morgan fingerprint density at radius 3 is 2.73 bits per heavy atom. The topological polar surface area (TPSA) is 59.1 Å². The average Bonchev–Trinajstić information content (AvgIpc) is 3.09. The highest BCUT2D eigenvalue weighted by molar-refractivity contribution is 7.91. The van der Waals surface area contributed by atoms with Gasteiger partial charge in [0.15, 0.2) is 26.4 Å². The first-order chi connectivity index (χ1) is 10.5. The van der Waals surface area contributed by atoms with E-state index in [0.717, 1.165) is 5.69 Å². The maximum Gasteiger partial charge on any atom is 0.231 e. The van der Waals surface area contributed by atoms with Gasteiger partial charge in [-0.3, -0.25) is 0 Å². The lowest BCUT2D eigenvalue weighted by Gasteiger charge is -2.25. The summed E-state index contributed by atoms with van der Waals surface area (Å²) < 4.78 is 34.8. The van der Waals surface area contributed by atoms with Crippen LogP contribution in [-0.4, -0.2) is 55.4 Å². The Labute approximate surface area is 134 Å². The summed E-state index contributed by atoms with van der Waals surface area (Å²) in [5.41, 5.74) is 0.859. The standard InChI is InChI=1S/C14H16N2O4S2/c1-2-15-10-6-22(17,18)7-11(10)16(14(15)21)9-3-4-12-13(5-9)20-8-19-12/h3-5,10-11H,2,6-8H2,1H3/t10-,11+/m0/s1. The van der Waals surface area contributed by atoms with Crippen molar-refractivity contribution in [3.63, 3.8) is 0 Å². The number of likely N-dealkylation sites (N-methyl/N-ethyl adjacent to an activating group) is 1. The number of fused-ring (bicyclic) bond motifs is 2. The van der Waals surface area contributed by atoms with Gasteiger partial charge >= 0.3 is 0 Å². The quantitative estimate of drug-likeness (QED) is 0.745. The van der Waals surface area contributed by atoms with Crippen LogP contribution in [-0.2, 0) is 9.84 Å². The number of anilines is 1. The van der Waals surface area contributed by atoms with Crippen molar-refractivity contribution in [3.05, 3.63) is 18.2 Å². The van der Waals surface area contributed by atoms with Crippen LogP contribution in [0.5, 0.6) is 11.5 Å². The van der Waals surface area contributed by atoms with Crippen LogP contribution in [0.1, 0.15) is 6.92 Å². The molecule has 8 heteroatoms. The lowest BCUT2D eigenvalue weighted by atomic mass is 10.1. The van der Waals surface area contributed by atoms with Crippen molar-refractivity contribution in [1.29, 1.82) is 0 Å². The highest BCUT2D eigenvalue weighted by Crippen LogP contribution is 2.40. The molecule has 0 amide bonds. The molecule has 0 unspecified atom stereocenters. The van der Waals surface area contributed by atoms with E-state index in [0.29, 0.717) is 23.2 Å². The summed E-state index contributed by atoms with van der Waals surface area (Å²) in [5, 5.41) is 0.686. The van der Waals surface area contributed by atoms with Gasteiger partial charge in [-0.25, -0.2) is 8.42 Å². The first-order valence-corrected chi connectivity index (χ1v) is 9.43. The van der Waals surface area contributed by atoms with Crippen LogP contribution < -0.4 is 14.4 Å². The normalized spacial score (nSPS) is 28.3. The van der Waals surface area contributed by atoms with Crippen LogP contribution in [0.25, 0.3) is 0 Å². The molecule has 0 spiro atoms. The zero-order valence-corrected chi connectivity index (χ0v) is 13.7. The van der Waals surface area contributed by atoms with Gasteiger partial charge in [0, 0.05) is 18.3 Å². The SMILES string of the molecule is CCN1C(=S)N(c2ccc3c(c2)OCO3)[C@@H]2CS(=O)(=O)C[C@@H]21. The summed E-state index contributed by atoms with van der Waals surface area (Å²) in [5.74, 6) is 1.69. The molecule has 6 nitrogen and oxygen atoms in total. The van der Waals surface area contributed by atoms with Gasteiger partial charge in [-0.1, -0.05) is 0 Å². The maximum atomic E-state index is 12.0. The van der Waals surface area contributed by atoms with Crippen LogP contribution in [0.15, 0.2) is 18.2 Å². The second kappa shape index (κ2) is 4.73. The first kappa shape index (κ1) is 14.1. The van der Waals surface area contributed by atoms with E-state index >= 15 is 0 Å². The number of hydrogen-bond donors (Lipinski definition) is 0. The monoisotopic (exact) mass is 340 g/mol. The molecular weight excluding hydrogens is 324 g/mol. The molecule has 118 valence electrons. The van der Waals surface area contributed by atoms with Gasteiger partial charge in [-0.2, -0.15) is 0 Å². The molecule has 0 aromatic heterocycles. The van der Waals surface area contributed by atoms with Crippen LogP contribution in [0.3, 0.4) is 0 Å². The number of sulfone groups is 1. The molecule has 2 atom stereocenters. The third-order valence-electron chi connectivity index (χ3n) is 4.45. The minimum atomic E-state index is -3.02. The molecule has 3 heterocycles. The van der Waals surface area contributed by atoms with Crippen LogP contribution in [0.4, 0.5) is 5.69 Å². The second-order valence-electron chi connectivity index (χ2n) is 5.69. The van der Waals surface area contributed by atoms with Crippen molar-refractivity contribution in [3.8, 4) is 11.5 Å². The summed E-state index contributed by atoms with van der Waals surface area (Å²) in [4.78, 5) is 3.96. The van der Waals surface area contributed by atoms with Crippen molar-refractivity contribution < 1.29 is 17.9 Å². The Bertz CT molecular complexity index is 749. The molecule has 2 fully saturated rings. The summed E-state index contributed by atoms with van der Waals surface area (Å²) in [7, 11) is -3.02. The first-order valence-electron chi connectivity index (χ1n) is 7.20. The molecule has 1 aromatic carbocycles. The highest BCUT2D eigenvalue weighted by Gasteiger charge is 2.51. The molecular formula is C14H16N2O4S2. The molecule has 22 heavy (non-hydrogen) atoms. The van der Waals surface area contributed by atoms with E-state index in [2.05, 4.69) is 0 Å². The van der Waals surface area contributed by atoms with E-state index in [-0.39, 0.29) is 30.4 Å². The van der Waals surface area contributed by atoms with Gasteiger partial charge in [0.1, 0.15) is 0 Å². The fraction of sp³-hybridized carbons (Fsp3) is 0.500. The molecule has 3 aliphatic rings. The van der Waals surface area contributed by atoms with Gasteiger partial charge in [0.2, 0.25) is 6.79 Å². The zero-order valence-electron chi connectivity index (χ0n) is 12.1. The van der Waals surface area contributed by atoms with E-state index in [4.69, 9.17) is 21.7 Å². The average molecular weight is 340 g/mol. The van der Waals surface area contributed by atoms with Gasteiger partial charge in [0.05, 0.1) is 23.6 Å². The second-order valence-corrected chi connectivity index (χ2v) is 8.21. The number of nitrogens with zero attached hydrogens (tertiary/aromatic N) is 2. The Morgan fingerprint density at radius 1 is 1.23 bits per heavy atom. The van der Waals surface area contributed by atoms with E-state index in [1.54, 1.807) is 0 Å². The highest BCUT2D eigenvalue weighted by atomic mass is 32.2. The molecule has 1 aromatic rings. The Morgan fingerprint density at radius 2 is 1.95 bits per heavy atom. The van der Waals surface area contributed by atoms with Gasteiger partial charge in [0.25, 0.3) is 0 Å². The smallest absolute Gasteiger partial charge is 0.231 e. The fourth-order valence-electron chi connectivity index (χ4n) is 3.48. The minimum absolute atomic E-state index is 0.0621. The fourth-order valence-corrected chi connectivity index (χ4v) is 5.94.